The minimum atomic E-state index is -4.11. The second kappa shape index (κ2) is 28.4. The molecule has 0 aromatic rings. The number of carbonyl (C=O) groups excluding carboxylic acids is 1. The summed E-state index contributed by atoms with van der Waals surface area (Å²) in [6, 6.07) is 0. The number of carboxylic acids is 1. The number of aliphatic hydroxyl groups excluding tert-OH is 4. The number of aliphatic hydroxyl groups is 4. The van der Waals surface area contributed by atoms with Crippen molar-refractivity contribution in [3.8, 4) is 0 Å². The first kappa shape index (κ1) is 56.5. The zero-order valence-corrected chi connectivity index (χ0v) is 38.5. The first-order valence-corrected chi connectivity index (χ1v) is 25.4. The standard InChI is InChI=1S/C29H51NO9S.C18H34O2.Na.H/c1-17(4-7-26(35)30-10-11-40(36,37)38)21-5-6-22-27-23(14-25(34)29(21,22)3)28(2)9-8-20(39-16-19(32)15-31)12-18(28)13-24(27)33;1-2-3-4-5-6-7-8-9-10-11-12-13-14-15-16-17-18(19)20;;/h17-25,27,31-34H,4-16H2,1-3H3,(H,30,35)(H,36,37,38);9-10H,2-8,11-17H2,1H3,(H,19,20);;/b;10-9-;;/t17-,18?,19?,20-,21-,22?,23?,24-,25+,27?,28+,29-;;;/m1.../s1. The van der Waals surface area contributed by atoms with Gasteiger partial charge in [0.25, 0.3) is 10.1 Å². The van der Waals surface area contributed by atoms with Crippen LogP contribution in [0.25, 0.3) is 0 Å². The van der Waals surface area contributed by atoms with Gasteiger partial charge in [-0.15, -0.1) is 0 Å². The molecular weight excluding hydrogens is 810 g/mol. The van der Waals surface area contributed by atoms with E-state index in [0.29, 0.717) is 25.7 Å². The van der Waals surface area contributed by atoms with E-state index in [4.69, 9.17) is 19.5 Å². The molecule has 4 fully saturated rings. The summed E-state index contributed by atoms with van der Waals surface area (Å²) in [5, 5.41) is 53.2. The Labute approximate surface area is 391 Å². The summed E-state index contributed by atoms with van der Waals surface area (Å²) in [6.07, 6.45) is 26.2. The average Bonchev–Trinajstić information content (AvgIpc) is 3.56. The molecule has 7 N–H and O–H groups in total. The third kappa shape index (κ3) is 18.0. The van der Waals surface area contributed by atoms with Crippen LogP contribution >= 0.6 is 0 Å². The summed E-state index contributed by atoms with van der Waals surface area (Å²) in [5.41, 5.74) is -0.335. The predicted molar refractivity (Wildman–Crippen MR) is 243 cm³/mol. The first-order chi connectivity index (χ1) is 28.5. The third-order valence-electron chi connectivity index (χ3n) is 15.4. The van der Waals surface area contributed by atoms with Crippen LogP contribution < -0.4 is 5.32 Å². The molecule has 352 valence electrons. The molecule has 4 aliphatic carbocycles. The van der Waals surface area contributed by atoms with Gasteiger partial charge in [-0.1, -0.05) is 91.2 Å². The summed E-state index contributed by atoms with van der Waals surface area (Å²) in [5.74, 6) is -0.175. The fraction of sp³-hybridized carbons (Fsp3) is 0.915. The summed E-state index contributed by atoms with van der Waals surface area (Å²) in [7, 11) is -4.11. The molecule has 12 atom stereocenters. The van der Waals surface area contributed by atoms with Crippen LogP contribution in [0.15, 0.2) is 12.2 Å². The quantitative estimate of drug-likeness (QED) is 0.0200. The van der Waals surface area contributed by atoms with E-state index in [-0.39, 0.29) is 114 Å². The van der Waals surface area contributed by atoms with Gasteiger partial charge in [-0.25, -0.2) is 0 Å². The van der Waals surface area contributed by atoms with E-state index in [1.165, 1.54) is 70.6 Å². The van der Waals surface area contributed by atoms with Crippen LogP contribution in [0.3, 0.4) is 0 Å². The van der Waals surface area contributed by atoms with Gasteiger partial charge >= 0.3 is 35.5 Å². The van der Waals surface area contributed by atoms with Gasteiger partial charge in [0.2, 0.25) is 5.91 Å². The van der Waals surface area contributed by atoms with Gasteiger partial charge in [0.05, 0.1) is 37.3 Å². The Balaban J connectivity index is 0.000000519. The molecule has 1 amide bonds. The number of unbranched alkanes of at least 4 members (excludes halogenated alkanes) is 11. The second-order valence-electron chi connectivity index (χ2n) is 19.5. The second-order valence-corrected chi connectivity index (χ2v) is 21.1. The number of nitrogens with one attached hydrogen (secondary N) is 1. The van der Waals surface area contributed by atoms with E-state index in [1.54, 1.807) is 0 Å². The number of carboxylic acid groups (broad SMARTS) is 1. The fourth-order valence-corrected chi connectivity index (χ4v) is 12.2. The van der Waals surface area contributed by atoms with Crippen molar-refractivity contribution < 1.29 is 52.8 Å². The number of hydrogen-bond donors (Lipinski definition) is 7. The van der Waals surface area contributed by atoms with E-state index in [9.17, 15) is 33.3 Å². The van der Waals surface area contributed by atoms with Crippen LogP contribution in [-0.2, 0) is 24.4 Å². The van der Waals surface area contributed by atoms with Crippen LogP contribution in [0, 0.1) is 46.3 Å². The summed E-state index contributed by atoms with van der Waals surface area (Å²) < 4.78 is 36.5. The normalized spacial score (nSPS) is 31.8. The van der Waals surface area contributed by atoms with Gasteiger partial charge in [-0.2, -0.15) is 8.42 Å². The average molecular weight is 896 g/mol. The van der Waals surface area contributed by atoms with Crippen molar-refractivity contribution >= 4 is 51.6 Å². The van der Waals surface area contributed by atoms with Crippen LogP contribution in [0.5, 0.6) is 0 Å². The Morgan fingerprint density at radius 1 is 0.869 bits per heavy atom. The molecule has 5 unspecified atom stereocenters. The number of ether oxygens (including phenoxy) is 1. The summed E-state index contributed by atoms with van der Waals surface area (Å²) >= 11 is 0. The molecule has 4 saturated carbocycles. The molecule has 12 nitrogen and oxygen atoms in total. The van der Waals surface area contributed by atoms with Crippen molar-refractivity contribution in [2.24, 2.45) is 46.3 Å². The fourth-order valence-electron chi connectivity index (χ4n) is 11.9. The SMILES string of the molecule is CCCCCCCC/C=C\CCCCCCCC(=O)O.C[C@H](CCC(=O)NCCS(=O)(=O)O)[C@H]1CCC2C3C(C[C@H](O)[C@@]21C)[C@@]1(C)CC[C@@H](OCC(O)CO)CC1C[C@H]3O.[NaH]. The third-order valence-corrected chi connectivity index (χ3v) is 16.1. The number of hydrogen-bond acceptors (Lipinski definition) is 9. The van der Waals surface area contributed by atoms with Gasteiger partial charge in [0.1, 0.15) is 6.10 Å². The van der Waals surface area contributed by atoms with Crippen LogP contribution in [0.4, 0.5) is 0 Å². The molecule has 0 spiro atoms. The topological polar surface area (TPSA) is 211 Å². The number of allylic oxidation sites excluding steroid dienone is 2. The Hall–Kier alpha value is -0.610. The number of aliphatic carboxylic acids is 1. The van der Waals surface area contributed by atoms with E-state index < -0.39 is 40.2 Å². The van der Waals surface area contributed by atoms with E-state index in [1.807, 2.05) is 0 Å². The zero-order valence-electron chi connectivity index (χ0n) is 37.7. The molecule has 0 heterocycles. The van der Waals surface area contributed by atoms with Crippen molar-refractivity contribution in [3.63, 3.8) is 0 Å². The molecular formula is C47H86NNaO11S. The predicted octanol–water partition coefficient (Wildman–Crippen LogP) is 7.21. The Morgan fingerprint density at radius 3 is 2.10 bits per heavy atom. The van der Waals surface area contributed by atoms with E-state index in [0.717, 1.165) is 44.9 Å². The van der Waals surface area contributed by atoms with Crippen LogP contribution in [0.2, 0.25) is 0 Å². The van der Waals surface area contributed by atoms with Crippen molar-refractivity contribution in [3.05, 3.63) is 12.2 Å². The maximum absolute atomic E-state index is 12.3. The molecule has 0 saturated heterocycles. The van der Waals surface area contributed by atoms with Crippen molar-refractivity contribution in [1.29, 1.82) is 0 Å². The number of rotatable bonds is 26. The molecule has 0 radical (unpaired) electrons. The van der Waals surface area contributed by atoms with Crippen LogP contribution in [-0.4, -0.2) is 130 Å². The molecule has 0 bridgehead atoms. The van der Waals surface area contributed by atoms with Crippen LogP contribution in [0.1, 0.15) is 175 Å². The van der Waals surface area contributed by atoms with Gasteiger partial charge in [0.15, 0.2) is 0 Å². The minimum absolute atomic E-state index is 0. The number of fused-ring (bicyclic) bond motifs is 5. The van der Waals surface area contributed by atoms with E-state index >= 15 is 0 Å². The van der Waals surface area contributed by atoms with Gasteiger partial charge in [-0.05, 0) is 130 Å². The molecule has 14 heteroatoms. The Bertz CT molecular complexity index is 1400. The molecule has 0 aromatic heterocycles. The Kier molecular flexibility index (Phi) is 26.3. The maximum atomic E-state index is 12.3. The van der Waals surface area contributed by atoms with Crippen molar-refractivity contribution in [1.82, 2.24) is 5.32 Å². The zero-order chi connectivity index (χ0) is 44.3. The summed E-state index contributed by atoms with van der Waals surface area (Å²) in [4.78, 5) is 22.6. The monoisotopic (exact) mass is 896 g/mol. The molecule has 0 aliphatic heterocycles. The van der Waals surface area contributed by atoms with Gasteiger partial charge < -0.3 is 35.6 Å². The van der Waals surface area contributed by atoms with Crippen molar-refractivity contribution in [2.75, 3.05) is 25.5 Å². The van der Waals surface area contributed by atoms with Gasteiger partial charge in [-0.3, -0.25) is 14.1 Å². The van der Waals surface area contributed by atoms with Gasteiger partial charge in [0, 0.05) is 19.4 Å². The molecule has 4 aliphatic rings. The van der Waals surface area contributed by atoms with Crippen molar-refractivity contribution in [2.45, 2.75) is 200 Å². The number of carbonyl (C=O) groups is 2. The number of amides is 1. The Morgan fingerprint density at radius 2 is 1.49 bits per heavy atom. The summed E-state index contributed by atoms with van der Waals surface area (Å²) in [6.45, 7) is 8.60. The van der Waals surface area contributed by atoms with E-state index in [2.05, 4.69) is 45.2 Å². The molecule has 4 rings (SSSR count). The molecule has 0 aromatic carbocycles. The first-order valence-electron chi connectivity index (χ1n) is 23.8. The molecule has 61 heavy (non-hydrogen) atoms.